The molecule has 0 aromatic rings. The maximum Gasteiger partial charge on any atom is 0.472 e. The molecule has 0 aliphatic heterocycles. The van der Waals surface area contributed by atoms with Crippen molar-refractivity contribution in [2.24, 2.45) is 5.73 Å². The van der Waals surface area contributed by atoms with Crippen LogP contribution in [0.4, 0.5) is 0 Å². The minimum atomic E-state index is -4.27. The third-order valence-corrected chi connectivity index (χ3v) is 11.4. The molecule has 3 N–H and O–H groups in total. The summed E-state index contributed by atoms with van der Waals surface area (Å²) in [7, 11) is -4.27. The number of rotatable bonds is 46. The highest BCUT2D eigenvalue weighted by Gasteiger charge is 2.25. The molecule has 0 aromatic carbocycles. The van der Waals surface area contributed by atoms with Crippen molar-refractivity contribution in [3.05, 3.63) is 12.2 Å². The van der Waals surface area contributed by atoms with E-state index in [2.05, 4.69) is 26.0 Å². The van der Waals surface area contributed by atoms with Crippen LogP contribution in [-0.2, 0) is 27.9 Å². The quantitative estimate of drug-likeness (QED) is 0.0270. The molecule has 0 saturated carbocycles. The van der Waals surface area contributed by atoms with E-state index in [1.807, 2.05) is 0 Å². The molecule has 9 heteroatoms. The number of phosphoric acid groups is 1. The maximum atomic E-state index is 12.5. The molecule has 0 radical (unpaired) electrons. The molecule has 0 bridgehead atoms. The molecular weight excluding hydrogens is 709 g/mol. The Morgan fingerprint density at radius 2 is 0.927 bits per heavy atom. The smallest absolute Gasteiger partial charge is 0.457 e. The number of hydrogen-bond acceptors (Lipinski definition) is 7. The Morgan fingerprint density at radius 1 is 0.527 bits per heavy atom. The summed E-state index contributed by atoms with van der Waals surface area (Å²) in [6, 6.07) is 0. The Hall–Kier alpha value is -0.760. The van der Waals surface area contributed by atoms with Gasteiger partial charge in [0, 0.05) is 19.6 Å². The van der Waals surface area contributed by atoms with Gasteiger partial charge in [-0.2, -0.15) is 0 Å². The molecule has 0 spiro atoms. The van der Waals surface area contributed by atoms with Gasteiger partial charge in [-0.05, 0) is 32.1 Å². The fourth-order valence-electron chi connectivity index (χ4n) is 6.92. The van der Waals surface area contributed by atoms with Crippen molar-refractivity contribution in [3.8, 4) is 0 Å². The molecule has 328 valence electrons. The zero-order chi connectivity index (χ0) is 40.2. The van der Waals surface area contributed by atoms with Crippen molar-refractivity contribution in [1.82, 2.24) is 0 Å². The van der Waals surface area contributed by atoms with E-state index in [0.717, 1.165) is 44.9 Å². The number of carbonyl (C=O) groups is 1. The van der Waals surface area contributed by atoms with Crippen molar-refractivity contribution in [2.75, 3.05) is 33.0 Å². The average Bonchev–Trinajstić information content (AvgIpc) is 3.17. The molecule has 0 amide bonds. The molecule has 0 saturated heterocycles. The van der Waals surface area contributed by atoms with Crippen molar-refractivity contribution < 1.29 is 32.8 Å². The second-order valence-electron chi connectivity index (χ2n) is 16.0. The first-order valence-electron chi connectivity index (χ1n) is 23.7. The lowest BCUT2D eigenvalue weighted by Gasteiger charge is -2.20. The minimum absolute atomic E-state index is 0.0938. The predicted octanol–water partition coefficient (Wildman–Crippen LogP) is 14.3. The van der Waals surface area contributed by atoms with E-state index >= 15 is 0 Å². The van der Waals surface area contributed by atoms with Crippen LogP contribution >= 0.6 is 7.82 Å². The van der Waals surface area contributed by atoms with Crippen molar-refractivity contribution in [1.29, 1.82) is 0 Å². The van der Waals surface area contributed by atoms with Gasteiger partial charge < -0.3 is 20.1 Å². The Morgan fingerprint density at radius 3 is 1.38 bits per heavy atom. The van der Waals surface area contributed by atoms with Crippen LogP contribution in [0.2, 0.25) is 0 Å². The Balaban J connectivity index is 3.81. The van der Waals surface area contributed by atoms with Crippen molar-refractivity contribution in [3.63, 3.8) is 0 Å². The fraction of sp³-hybridized carbons (Fsp3) is 0.935. The van der Waals surface area contributed by atoms with E-state index in [-0.39, 0.29) is 32.3 Å². The van der Waals surface area contributed by atoms with Gasteiger partial charge in [0.1, 0.15) is 6.10 Å². The predicted molar refractivity (Wildman–Crippen MR) is 234 cm³/mol. The zero-order valence-electron chi connectivity index (χ0n) is 36.4. The summed E-state index contributed by atoms with van der Waals surface area (Å²) in [5.74, 6) is -0.336. The van der Waals surface area contributed by atoms with Gasteiger partial charge in [-0.1, -0.05) is 212 Å². The molecule has 0 rings (SSSR count). The molecule has 55 heavy (non-hydrogen) atoms. The van der Waals surface area contributed by atoms with E-state index in [4.69, 9.17) is 24.3 Å². The Labute approximate surface area is 341 Å². The lowest BCUT2D eigenvalue weighted by molar-refractivity contribution is -0.154. The number of hydrogen-bond donors (Lipinski definition) is 2. The molecule has 2 unspecified atom stereocenters. The van der Waals surface area contributed by atoms with Crippen molar-refractivity contribution in [2.45, 2.75) is 245 Å². The normalized spacial score (nSPS) is 13.5. The number of ether oxygens (including phenoxy) is 2. The summed E-state index contributed by atoms with van der Waals surface area (Å²) in [5, 5.41) is 0. The highest BCUT2D eigenvalue weighted by Crippen LogP contribution is 2.43. The van der Waals surface area contributed by atoms with E-state index in [9.17, 15) is 14.3 Å². The topological polar surface area (TPSA) is 117 Å². The first kappa shape index (κ1) is 54.2. The summed E-state index contributed by atoms with van der Waals surface area (Å²) in [6.07, 6.45) is 48.3. The van der Waals surface area contributed by atoms with Crippen LogP contribution < -0.4 is 5.73 Å². The molecular formula is C46H92NO7P. The van der Waals surface area contributed by atoms with Crippen LogP contribution in [0.15, 0.2) is 12.2 Å². The Kier molecular flexibility index (Phi) is 43.7. The van der Waals surface area contributed by atoms with Gasteiger partial charge in [-0.25, -0.2) is 4.57 Å². The highest BCUT2D eigenvalue weighted by molar-refractivity contribution is 7.47. The Bertz CT molecular complexity index is 858. The van der Waals surface area contributed by atoms with Gasteiger partial charge in [0.15, 0.2) is 0 Å². The van der Waals surface area contributed by atoms with Crippen LogP contribution in [0, 0.1) is 0 Å². The second kappa shape index (κ2) is 44.3. The molecule has 2 atom stereocenters. The number of allylic oxidation sites excluding steroid dienone is 2. The molecule has 8 nitrogen and oxygen atoms in total. The molecule has 0 aliphatic carbocycles. The van der Waals surface area contributed by atoms with E-state index in [1.165, 1.54) is 173 Å². The van der Waals surface area contributed by atoms with Gasteiger partial charge in [0.25, 0.3) is 0 Å². The third-order valence-electron chi connectivity index (χ3n) is 10.4. The van der Waals surface area contributed by atoms with E-state index < -0.39 is 13.9 Å². The second-order valence-corrected chi connectivity index (χ2v) is 17.4. The van der Waals surface area contributed by atoms with E-state index in [1.54, 1.807) is 0 Å². The largest absolute Gasteiger partial charge is 0.472 e. The van der Waals surface area contributed by atoms with Crippen LogP contribution in [0.25, 0.3) is 0 Å². The van der Waals surface area contributed by atoms with Crippen LogP contribution in [0.3, 0.4) is 0 Å². The first-order chi connectivity index (χ1) is 26.9. The van der Waals surface area contributed by atoms with Gasteiger partial charge in [-0.15, -0.1) is 0 Å². The van der Waals surface area contributed by atoms with Gasteiger partial charge in [0.05, 0.1) is 19.8 Å². The summed E-state index contributed by atoms with van der Waals surface area (Å²) in [4.78, 5) is 22.4. The molecule has 0 fully saturated rings. The minimum Gasteiger partial charge on any atom is -0.457 e. The maximum absolute atomic E-state index is 12.5. The lowest BCUT2D eigenvalue weighted by Crippen LogP contribution is -2.28. The lowest BCUT2D eigenvalue weighted by atomic mass is 10.0. The first-order valence-corrected chi connectivity index (χ1v) is 25.2. The zero-order valence-corrected chi connectivity index (χ0v) is 37.3. The van der Waals surface area contributed by atoms with Gasteiger partial charge >= 0.3 is 13.8 Å². The molecule has 0 heterocycles. The fourth-order valence-corrected chi connectivity index (χ4v) is 7.69. The number of carbonyl (C=O) groups excluding carboxylic acids is 1. The SMILES string of the molecule is CCCC/C=C\CCCCCCCC(=O)OC(COCCCCCCCCCCCCCCCCCCCCCCCCCCC)COP(=O)(O)OCCN. The number of phosphoric ester groups is 1. The standard InChI is InChI=1S/C46H92NO7P/c1-3-5-7-9-11-13-15-16-17-18-19-20-21-22-23-24-25-26-27-28-30-32-34-36-38-41-51-43-45(44-53-55(49,50)52-42-40-47)54-46(48)39-37-35-33-31-29-14-12-10-8-6-4-2/h10,12,45H,3-9,11,13-44,47H2,1-2H3,(H,49,50)/b12-10-. The highest BCUT2D eigenvalue weighted by atomic mass is 31.2. The van der Waals surface area contributed by atoms with Gasteiger partial charge in [0.2, 0.25) is 0 Å². The molecule has 0 aliphatic rings. The number of nitrogens with two attached hydrogens (primary N) is 1. The van der Waals surface area contributed by atoms with Crippen LogP contribution in [0.1, 0.15) is 239 Å². The summed E-state index contributed by atoms with van der Waals surface area (Å²) < 4.78 is 33.4. The third kappa shape index (κ3) is 44.2. The monoisotopic (exact) mass is 802 g/mol. The van der Waals surface area contributed by atoms with Gasteiger partial charge in [-0.3, -0.25) is 13.8 Å². The van der Waals surface area contributed by atoms with Crippen molar-refractivity contribution >= 4 is 13.8 Å². The van der Waals surface area contributed by atoms with Crippen LogP contribution in [-0.4, -0.2) is 49.9 Å². The van der Waals surface area contributed by atoms with Crippen LogP contribution in [0.5, 0.6) is 0 Å². The number of unbranched alkanes of at least 4 members (excludes halogenated alkanes) is 31. The summed E-state index contributed by atoms with van der Waals surface area (Å²) >= 11 is 0. The molecule has 0 aromatic heterocycles. The average molecular weight is 802 g/mol. The number of esters is 1. The van der Waals surface area contributed by atoms with E-state index in [0.29, 0.717) is 13.0 Å². The summed E-state index contributed by atoms with van der Waals surface area (Å²) in [5.41, 5.74) is 5.37. The summed E-state index contributed by atoms with van der Waals surface area (Å²) in [6.45, 7) is 4.92.